The van der Waals surface area contributed by atoms with E-state index in [9.17, 15) is 51.1 Å². The van der Waals surface area contributed by atoms with E-state index in [2.05, 4.69) is 26.0 Å². The zero-order valence-corrected chi connectivity index (χ0v) is 32.4. The topological polar surface area (TPSA) is 258 Å². The van der Waals surface area contributed by atoms with Gasteiger partial charge in [0.25, 0.3) is 11.8 Å². The lowest BCUT2D eigenvalue weighted by atomic mass is 10.0. The van der Waals surface area contributed by atoms with Crippen LogP contribution in [0.2, 0.25) is 0 Å². The van der Waals surface area contributed by atoms with E-state index < -0.39 is 83.9 Å². The first-order valence-corrected chi connectivity index (χ1v) is 19.0. The average Bonchev–Trinajstić information content (AvgIpc) is 3.94. The van der Waals surface area contributed by atoms with E-state index in [-0.39, 0.29) is 64.1 Å². The number of amides is 7. The zero-order valence-electron chi connectivity index (χ0n) is 32.4. The summed E-state index contributed by atoms with van der Waals surface area (Å²) in [5.41, 5.74) is 3.90. The zero-order chi connectivity index (χ0) is 43.4. The van der Waals surface area contributed by atoms with Gasteiger partial charge in [-0.3, -0.25) is 19.3 Å². The highest BCUT2D eigenvalue weighted by Gasteiger charge is 2.55. The van der Waals surface area contributed by atoms with Gasteiger partial charge in [0, 0.05) is 25.7 Å². The Morgan fingerprint density at radius 1 is 0.729 bits per heavy atom. The number of carboxylic acid groups (broad SMARTS) is 2. The van der Waals surface area contributed by atoms with Crippen molar-refractivity contribution < 1.29 is 85.4 Å². The van der Waals surface area contributed by atoms with Gasteiger partial charge in [0.2, 0.25) is 0 Å². The Morgan fingerprint density at radius 2 is 1.22 bits per heavy atom. The number of rotatable bonds is 14. The number of carboxylic acids is 2. The van der Waals surface area contributed by atoms with Crippen LogP contribution in [-0.2, 0) is 43.3 Å². The summed E-state index contributed by atoms with van der Waals surface area (Å²) in [4.78, 5) is 105. The summed E-state index contributed by atoms with van der Waals surface area (Å²) in [6, 6.07) is -5.55. The highest BCUT2D eigenvalue weighted by Crippen LogP contribution is 2.34. The molecule has 0 aromatic heterocycles. The molecule has 6 heterocycles. The molecule has 0 saturated carbocycles. The number of piperidine rings is 2. The third kappa shape index (κ3) is 10.9. The number of alkyl halides is 4. The summed E-state index contributed by atoms with van der Waals surface area (Å²) in [7, 11) is 0. The van der Waals surface area contributed by atoms with Crippen LogP contribution in [0, 0.1) is 0 Å². The van der Waals surface area contributed by atoms with Gasteiger partial charge in [-0.25, -0.2) is 34.9 Å². The van der Waals surface area contributed by atoms with Crippen molar-refractivity contribution in [3.8, 4) is 0 Å². The molecule has 6 atom stereocenters. The number of halogens is 4. The molecule has 0 aromatic rings. The molecule has 0 spiro atoms. The third-order valence-electron chi connectivity index (χ3n) is 10.2. The molecule has 59 heavy (non-hydrogen) atoms. The number of aliphatic carboxylic acids is 2. The van der Waals surface area contributed by atoms with Crippen LogP contribution < -0.4 is 16.3 Å². The SMILES string of the molecule is CC(C)(C)OC(=O)N1CCC[C@H]1CONC(=O)[C@@H]1CC[C@@H]2CN1C(=O)N2OC(F)(F)C(=O)O.O=C(NOC[C@@H]1CCCN1)[C@@H]1CC[C@@H]2CN1C(=O)N2OC(F)(F)C(=O)O. The summed E-state index contributed by atoms with van der Waals surface area (Å²) in [5, 5.41) is 20.8. The fourth-order valence-corrected chi connectivity index (χ4v) is 7.40. The Bertz CT molecular complexity index is 1620. The minimum atomic E-state index is -4.57. The lowest BCUT2D eigenvalue weighted by molar-refractivity contribution is -0.327. The normalized spacial score (nSPS) is 26.8. The number of urea groups is 2. The number of likely N-dealkylation sites (tertiary alicyclic amines) is 1. The smallest absolute Gasteiger partial charge is 0.475 e. The van der Waals surface area contributed by atoms with E-state index in [0.29, 0.717) is 23.1 Å². The molecule has 0 aliphatic carbocycles. The molecule has 6 aliphatic heterocycles. The number of nitrogens with one attached hydrogen (secondary N) is 3. The monoisotopic (exact) mass is 856 g/mol. The Kier molecular flexibility index (Phi) is 14.0. The van der Waals surface area contributed by atoms with Crippen LogP contribution in [0.4, 0.5) is 31.9 Å². The van der Waals surface area contributed by atoms with E-state index in [0.717, 1.165) is 35.6 Å². The maximum Gasteiger partial charge on any atom is 0.476 e. The molecule has 6 aliphatic rings. The van der Waals surface area contributed by atoms with Gasteiger partial charge in [-0.15, -0.1) is 0 Å². The van der Waals surface area contributed by atoms with Crippen molar-refractivity contribution in [2.45, 2.75) is 126 Å². The first-order chi connectivity index (χ1) is 27.6. The van der Waals surface area contributed by atoms with Crippen molar-refractivity contribution >= 4 is 41.9 Å². The maximum absolute atomic E-state index is 13.4. The lowest BCUT2D eigenvalue weighted by Gasteiger charge is -2.30. The van der Waals surface area contributed by atoms with Crippen LogP contribution in [0.1, 0.15) is 72.1 Å². The molecule has 6 saturated heterocycles. The van der Waals surface area contributed by atoms with Gasteiger partial charge < -0.3 is 35.0 Å². The molecule has 6 fully saturated rings. The highest BCUT2D eigenvalue weighted by molar-refractivity contribution is 5.89. The van der Waals surface area contributed by atoms with Crippen molar-refractivity contribution in [3.63, 3.8) is 0 Å². The number of hydrogen-bond donors (Lipinski definition) is 5. The fraction of sp³-hybridized carbons (Fsp3) is 0.788. The van der Waals surface area contributed by atoms with Gasteiger partial charge in [0.15, 0.2) is 0 Å². The summed E-state index contributed by atoms with van der Waals surface area (Å²) in [5.74, 6) is -6.23. The predicted molar refractivity (Wildman–Crippen MR) is 184 cm³/mol. The Balaban J connectivity index is 0.000000230. The van der Waals surface area contributed by atoms with Crippen LogP contribution in [0.25, 0.3) is 0 Å². The summed E-state index contributed by atoms with van der Waals surface area (Å²) in [6.07, 6.45) is -5.42. The van der Waals surface area contributed by atoms with E-state index in [1.807, 2.05) is 0 Å². The molecule has 6 rings (SSSR count). The predicted octanol–water partition coefficient (Wildman–Crippen LogP) is 0.975. The Hall–Kier alpha value is -4.79. The van der Waals surface area contributed by atoms with Crippen LogP contribution in [0.5, 0.6) is 0 Å². The van der Waals surface area contributed by atoms with E-state index in [1.54, 1.807) is 20.8 Å². The van der Waals surface area contributed by atoms with Crippen molar-refractivity contribution in [2.75, 3.05) is 39.4 Å². The van der Waals surface area contributed by atoms with E-state index >= 15 is 0 Å². The van der Waals surface area contributed by atoms with Crippen LogP contribution in [-0.4, -0.2) is 170 Å². The van der Waals surface area contributed by atoms with Crippen molar-refractivity contribution in [1.29, 1.82) is 0 Å². The number of hydrogen-bond acceptors (Lipinski definition) is 13. The third-order valence-corrected chi connectivity index (χ3v) is 10.2. The second-order valence-electron chi connectivity index (χ2n) is 15.7. The summed E-state index contributed by atoms with van der Waals surface area (Å²) >= 11 is 0. The number of carbonyl (C=O) groups excluding carboxylic acids is 5. The van der Waals surface area contributed by atoms with Gasteiger partial charge in [0.05, 0.1) is 31.3 Å². The number of nitrogens with zero attached hydrogens (tertiary/aromatic N) is 5. The molecule has 22 nitrogen and oxygen atoms in total. The molecule has 332 valence electrons. The molecule has 26 heteroatoms. The van der Waals surface area contributed by atoms with E-state index in [1.165, 1.54) is 4.90 Å². The maximum atomic E-state index is 13.4. The van der Waals surface area contributed by atoms with Crippen LogP contribution in [0.3, 0.4) is 0 Å². The van der Waals surface area contributed by atoms with Gasteiger partial charge >= 0.3 is 42.3 Å². The second kappa shape index (κ2) is 18.2. The Labute approximate surface area is 334 Å². The van der Waals surface area contributed by atoms with Crippen LogP contribution >= 0.6 is 0 Å². The molecule has 7 amide bonds. The quantitative estimate of drug-likeness (QED) is 0.121. The number of ether oxygens (including phenoxy) is 1. The van der Waals surface area contributed by atoms with Crippen molar-refractivity contribution in [1.82, 2.24) is 41.1 Å². The minimum Gasteiger partial charge on any atom is -0.475 e. The number of hydroxylamine groups is 6. The molecule has 0 aromatic carbocycles. The van der Waals surface area contributed by atoms with E-state index in [4.69, 9.17) is 24.6 Å². The van der Waals surface area contributed by atoms with Gasteiger partial charge in [-0.2, -0.15) is 37.4 Å². The van der Waals surface area contributed by atoms with Gasteiger partial charge in [-0.1, -0.05) is 0 Å². The molecule has 0 radical (unpaired) electrons. The summed E-state index contributed by atoms with van der Waals surface area (Å²) < 4.78 is 58.7. The molecule has 0 unspecified atom stereocenters. The average molecular weight is 857 g/mol. The lowest BCUT2D eigenvalue weighted by Crippen LogP contribution is -2.50. The fourth-order valence-electron chi connectivity index (χ4n) is 7.40. The standard InChI is InChI=1S/C19H28F2N4O8.C14H20F2N4O6/c1-18(2,3)32-17(30)23-8-4-5-12(23)10-31-22-14(26)13-7-6-11-9-24(13)16(29)25(11)33-19(20,21)15(27)28;15-14(16,12(22)23)26-20-9-3-4-10(19(6-9)13(20)24)11(21)18-25-7-8-2-1-5-17-8/h11-13H,4-10H2,1-3H3,(H,22,26)(H,27,28);8-10,17H,1-7H2,(H,18,21)(H,22,23)/t11-,12+,13+;8-,9+,10-/m10/s1. The Morgan fingerprint density at radius 3 is 1.66 bits per heavy atom. The second-order valence-corrected chi connectivity index (χ2v) is 15.7. The number of fused-ring (bicyclic) bond motifs is 4. The molecule has 4 bridgehead atoms. The largest absolute Gasteiger partial charge is 0.476 e. The highest BCUT2D eigenvalue weighted by atomic mass is 19.3. The van der Waals surface area contributed by atoms with Gasteiger partial charge in [-0.05, 0) is 78.7 Å². The van der Waals surface area contributed by atoms with Crippen molar-refractivity contribution in [3.05, 3.63) is 0 Å². The van der Waals surface area contributed by atoms with Gasteiger partial charge in [0.1, 0.15) is 17.7 Å². The molecule has 5 N–H and O–H groups in total. The first-order valence-electron chi connectivity index (χ1n) is 19.0. The van der Waals surface area contributed by atoms with Crippen molar-refractivity contribution in [2.24, 2.45) is 0 Å². The number of carbonyl (C=O) groups is 7. The first kappa shape index (κ1) is 45.3. The van der Waals surface area contributed by atoms with Crippen LogP contribution in [0.15, 0.2) is 0 Å². The molecular weight excluding hydrogens is 808 g/mol. The minimum absolute atomic E-state index is 0.00317. The summed E-state index contributed by atoms with van der Waals surface area (Å²) in [6.45, 7) is 6.90. The molecular formula is C33H48F4N8O14.